The maximum atomic E-state index is 12.1. The van der Waals surface area contributed by atoms with Crippen LogP contribution in [0.2, 0.25) is 0 Å². The molecule has 0 aliphatic rings. The first-order valence-corrected chi connectivity index (χ1v) is 8.46. The molecule has 6 nitrogen and oxygen atoms in total. The number of carboxylic acids is 1. The molecule has 1 aromatic heterocycles. The largest absolute Gasteiger partial charge is 0.480 e. The van der Waals surface area contributed by atoms with Crippen molar-refractivity contribution in [3.63, 3.8) is 0 Å². The van der Waals surface area contributed by atoms with E-state index < -0.39 is 12.0 Å². The Morgan fingerprint density at radius 1 is 1.33 bits per heavy atom. The molecule has 0 radical (unpaired) electrons. The molecule has 2 aromatic rings. The van der Waals surface area contributed by atoms with Crippen molar-refractivity contribution in [2.45, 2.75) is 32.9 Å². The van der Waals surface area contributed by atoms with Crippen LogP contribution >= 0.6 is 11.3 Å². The van der Waals surface area contributed by atoms with E-state index in [4.69, 9.17) is 5.11 Å². The van der Waals surface area contributed by atoms with E-state index in [0.29, 0.717) is 11.6 Å². The van der Waals surface area contributed by atoms with E-state index in [1.54, 1.807) is 18.9 Å². The molecule has 0 fully saturated rings. The fourth-order valence-corrected chi connectivity index (χ4v) is 2.85. The van der Waals surface area contributed by atoms with Crippen LogP contribution in [0.15, 0.2) is 29.6 Å². The molecular formula is C17H21N3O3S. The van der Waals surface area contributed by atoms with Gasteiger partial charge in [0.05, 0.1) is 12.1 Å². The highest BCUT2D eigenvalue weighted by molar-refractivity contribution is 7.09. The van der Waals surface area contributed by atoms with Gasteiger partial charge >= 0.3 is 5.97 Å². The Balaban J connectivity index is 1.89. The van der Waals surface area contributed by atoms with Gasteiger partial charge in [0.1, 0.15) is 11.0 Å². The minimum atomic E-state index is -0.870. The van der Waals surface area contributed by atoms with Gasteiger partial charge in [-0.1, -0.05) is 17.7 Å². The Hall–Kier alpha value is -2.25. The molecule has 1 heterocycles. The lowest BCUT2D eigenvalue weighted by atomic mass is 10.2. The fraction of sp³-hybridized carbons (Fsp3) is 0.353. The van der Waals surface area contributed by atoms with E-state index in [1.165, 1.54) is 11.3 Å². The van der Waals surface area contributed by atoms with E-state index in [2.05, 4.69) is 10.3 Å². The van der Waals surface area contributed by atoms with Gasteiger partial charge in [0, 0.05) is 17.6 Å². The van der Waals surface area contributed by atoms with Crippen LogP contribution in [0.3, 0.4) is 0 Å². The summed E-state index contributed by atoms with van der Waals surface area (Å²) in [4.78, 5) is 29.1. The zero-order chi connectivity index (χ0) is 17.7. The van der Waals surface area contributed by atoms with Crippen molar-refractivity contribution in [3.05, 3.63) is 45.9 Å². The van der Waals surface area contributed by atoms with Crippen molar-refractivity contribution in [2.24, 2.45) is 0 Å². The smallest absolute Gasteiger partial charge is 0.320 e. The van der Waals surface area contributed by atoms with Gasteiger partial charge in [0.2, 0.25) is 5.91 Å². The normalized spacial score (nSPS) is 12.2. The summed E-state index contributed by atoms with van der Waals surface area (Å²) in [6.45, 7) is 4.05. The number of hydrogen-bond donors (Lipinski definition) is 2. The lowest BCUT2D eigenvalue weighted by molar-refractivity contribution is -0.142. The third-order valence-corrected chi connectivity index (χ3v) is 4.57. The summed E-state index contributed by atoms with van der Waals surface area (Å²) in [5.74, 6) is -0.988. The molecule has 128 valence electrons. The second kappa shape index (κ2) is 8.03. The topological polar surface area (TPSA) is 82.5 Å². The number of benzene rings is 1. The van der Waals surface area contributed by atoms with Crippen molar-refractivity contribution in [2.75, 3.05) is 12.4 Å². The van der Waals surface area contributed by atoms with Gasteiger partial charge in [0.25, 0.3) is 0 Å². The van der Waals surface area contributed by atoms with Crippen molar-refractivity contribution >= 4 is 28.9 Å². The highest BCUT2D eigenvalue weighted by Gasteiger charge is 2.18. The zero-order valence-corrected chi connectivity index (χ0v) is 14.8. The number of amides is 1. The molecule has 0 aliphatic carbocycles. The summed E-state index contributed by atoms with van der Waals surface area (Å²) >= 11 is 1.41. The molecule has 7 heteroatoms. The second-order valence-electron chi connectivity index (χ2n) is 5.75. The van der Waals surface area contributed by atoms with Crippen molar-refractivity contribution < 1.29 is 14.7 Å². The van der Waals surface area contributed by atoms with Gasteiger partial charge in [-0.2, -0.15) is 0 Å². The standard InChI is InChI=1S/C17H21N3O3S/c1-11-4-6-13(7-5-11)18-15(21)8-16-19-14(10-24-16)9-20(3)12(2)17(22)23/h4-7,10,12H,8-9H2,1-3H3,(H,18,21)(H,22,23). The van der Waals surface area contributed by atoms with Gasteiger partial charge in [-0.15, -0.1) is 11.3 Å². The molecule has 24 heavy (non-hydrogen) atoms. The quantitative estimate of drug-likeness (QED) is 0.804. The lowest BCUT2D eigenvalue weighted by Gasteiger charge is -2.19. The summed E-state index contributed by atoms with van der Waals surface area (Å²) < 4.78 is 0. The first kappa shape index (κ1) is 18.1. The van der Waals surface area contributed by atoms with Gasteiger partial charge in [-0.3, -0.25) is 14.5 Å². The summed E-state index contributed by atoms with van der Waals surface area (Å²) in [5, 5.41) is 14.4. The van der Waals surface area contributed by atoms with Crippen LogP contribution in [0.5, 0.6) is 0 Å². The zero-order valence-electron chi connectivity index (χ0n) is 13.9. The van der Waals surface area contributed by atoms with Crippen molar-refractivity contribution in [1.82, 2.24) is 9.88 Å². The molecule has 1 aromatic carbocycles. The molecular weight excluding hydrogens is 326 g/mol. The predicted octanol–water partition coefficient (Wildman–Crippen LogP) is 2.54. The van der Waals surface area contributed by atoms with E-state index in [-0.39, 0.29) is 12.3 Å². The minimum absolute atomic E-state index is 0.119. The number of thiazole rings is 1. The molecule has 0 saturated carbocycles. The van der Waals surface area contributed by atoms with Crippen molar-refractivity contribution in [3.8, 4) is 0 Å². The number of aromatic nitrogens is 1. The SMILES string of the molecule is Cc1ccc(NC(=O)Cc2nc(CN(C)C(C)C(=O)O)cs2)cc1. The molecule has 0 bridgehead atoms. The van der Waals surface area contributed by atoms with Crippen LogP contribution < -0.4 is 5.32 Å². The average Bonchev–Trinajstić information content (AvgIpc) is 2.95. The fourth-order valence-electron chi connectivity index (χ4n) is 2.06. The number of carbonyl (C=O) groups is 2. The van der Waals surface area contributed by atoms with E-state index >= 15 is 0 Å². The molecule has 2 N–H and O–H groups in total. The maximum Gasteiger partial charge on any atom is 0.320 e. The van der Waals surface area contributed by atoms with E-state index in [1.807, 2.05) is 36.6 Å². The molecule has 0 spiro atoms. The van der Waals surface area contributed by atoms with Crippen LogP contribution in [0.4, 0.5) is 5.69 Å². The monoisotopic (exact) mass is 347 g/mol. The molecule has 1 amide bonds. The van der Waals surface area contributed by atoms with Crippen LogP contribution in [-0.2, 0) is 22.6 Å². The highest BCUT2D eigenvalue weighted by Crippen LogP contribution is 2.15. The van der Waals surface area contributed by atoms with E-state index in [9.17, 15) is 9.59 Å². The predicted molar refractivity (Wildman–Crippen MR) is 94.2 cm³/mol. The summed E-state index contributed by atoms with van der Waals surface area (Å²) in [7, 11) is 1.74. The minimum Gasteiger partial charge on any atom is -0.480 e. The Bertz CT molecular complexity index is 712. The first-order chi connectivity index (χ1) is 11.3. The lowest BCUT2D eigenvalue weighted by Crippen LogP contribution is -2.35. The van der Waals surface area contributed by atoms with Gasteiger partial charge < -0.3 is 10.4 Å². The summed E-state index contributed by atoms with van der Waals surface area (Å²) in [6.07, 6.45) is 0.205. The average molecular weight is 347 g/mol. The highest BCUT2D eigenvalue weighted by atomic mass is 32.1. The van der Waals surface area contributed by atoms with Gasteiger partial charge in [-0.05, 0) is 33.0 Å². The Labute approximate surface area is 145 Å². The number of carbonyl (C=O) groups excluding carboxylic acids is 1. The van der Waals surface area contributed by atoms with E-state index in [0.717, 1.165) is 16.9 Å². The van der Waals surface area contributed by atoms with Crippen LogP contribution in [0.1, 0.15) is 23.2 Å². The number of hydrogen-bond acceptors (Lipinski definition) is 5. The number of nitrogens with one attached hydrogen (secondary N) is 1. The number of rotatable bonds is 7. The Morgan fingerprint density at radius 2 is 2.00 bits per heavy atom. The summed E-state index contributed by atoms with van der Waals surface area (Å²) in [6, 6.07) is 7.03. The number of likely N-dealkylation sites (N-methyl/N-ethyl adjacent to an activating group) is 1. The number of aliphatic carboxylic acids is 1. The van der Waals surface area contributed by atoms with Gasteiger partial charge in [-0.25, -0.2) is 4.98 Å². The number of aryl methyl sites for hydroxylation is 1. The molecule has 0 saturated heterocycles. The number of carboxylic acid groups (broad SMARTS) is 1. The van der Waals surface area contributed by atoms with Crippen molar-refractivity contribution in [1.29, 1.82) is 0 Å². The maximum absolute atomic E-state index is 12.1. The molecule has 2 rings (SSSR count). The third-order valence-electron chi connectivity index (χ3n) is 3.68. The van der Waals surface area contributed by atoms with Crippen LogP contribution in [-0.4, -0.2) is 40.0 Å². The third kappa shape index (κ3) is 5.14. The van der Waals surface area contributed by atoms with Crippen LogP contribution in [0, 0.1) is 6.92 Å². The Morgan fingerprint density at radius 3 is 2.62 bits per heavy atom. The number of nitrogens with zero attached hydrogens (tertiary/aromatic N) is 2. The first-order valence-electron chi connectivity index (χ1n) is 7.58. The Kier molecular flexibility index (Phi) is 6.05. The van der Waals surface area contributed by atoms with Crippen LogP contribution in [0.25, 0.3) is 0 Å². The molecule has 1 unspecified atom stereocenters. The second-order valence-corrected chi connectivity index (χ2v) is 6.70. The molecule has 1 atom stereocenters. The van der Waals surface area contributed by atoms with Gasteiger partial charge in [0.15, 0.2) is 0 Å². The number of anilines is 1. The summed E-state index contributed by atoms with van der Waals surface area (Å²) in [5.41, 5.74) is 2.67. The molecule has 0 aliphatic heterocycles.